The van der Waals surface area contributed by atoms with Crippen molar-refractivity contribution >= 4 is 22.1 Å². The highest BCUT2D eigenvalue weighted by molar-refractivity contribution is 7.17. The van der Waals surface area contributed by atoms with Gasteiger partial charge in [0.2, 0.25) is 0 Å². The maximum absolute atomic E-state index is 10.9. The predicted octanol–water partition coefficient (Wildman–Crippen LogP) is 1.84. The van der Waals surface area contributed by atoms with Gasteiger partial charge in [0, 0.05) is 23.7 Å². The zero-order valence-electron chi connectivity index (χ0n) is 7.57. The van der Waals surface area contributed by atoms with Gasteiger partial charge in [0.1, 0.15) is 5.78 Å². The minimum absolute atomic E-state index is 0.196. The quantitative estimate of drug-likeness (QED) is 0.731. The van der Waals surface area contributed by atoms with Crippen molar-refractivity contribution < 1.29 is 4.79 Å². The third kappa shape index (κ3) is 1.62. The topological polar surface area (TPSA) is 34.4 Å². The van der Waals surface area contributed by atoms with Gasteiger partial charge in [-0.05, 0) is 13.8 Å². The molecule has 3 nitrogen and oxygen atoms in total. The van der Waals surface area contributed by atoms with E-state index in [1.165, 1.54) is 0 Å². The molecule has 0 radical (unpaired) electrons. The molecule has 2 aromatic heterocycles. The number of aryl methyl sites for hydroxylation is 1. The summed E-state index contributed by atoms with van der Waals surface area (Å²) in [5, 5.41) is 0. The van der Waals surface area contributed by atoms with E-state index in [2.05, 4.69) is 4.98 Å². The molecule has 0 aliphatic carbocycles. The van der Waals surface area contributed by atoms with Gasteiger partial charge in [-0.25, -0.2) is 4.98 Å². The van der Waals surface area contributed by atoms with Crippen molar-refractivity contribution in [1.82, 2.24) is 9.38 Å². The number of hydrogen-bond acceptors (Lipinski definition) is 3. The minimum Gasteiger partial charge on any atom is -0.300 e. The first-order valence-corrected chi connectivity index (χ1v) is 4.90. The predicted molar refractivity (Wildman–Crippen MR) is 52.2 cm³/mol. The third-order valence-electron chi connectivity index (χ3n) is 1.75. The van der Waals surface area contributed by atoms with Crippen LogP contribution in [0.5, 0.6) is 0 Å². The summed E-state index contributed by atoms with van der Waals surface area (Å²) in [4.78, 5) is 17.2. The van der Waals surface area contributed by atoms with Crippen molar-refractivity contribution in [1.29, 1.82) is 0 Å². The average molecular weight is 194 g/mol. The van der Waals surface area contributed by atoms with Gasteiger partial charge in [-0.15, -0.1) is 11.3 Å². The van der Waals surface area contributed by atoms with Gasteiger partial charge in [0.15, 0.2) is 4.96 Å². The van der Waals surface area contributed by atoms with Crippen LogP contribution in [0.4, 0.5) is 0 Å². The van der Waals surface area contributed by atoms with Gasteiger partial charge in [-0.3, -0.25) is 9.20 Å². The number of carbonyl (C=O) groups is 1. The van der Waals surface area contributed by atoms with Crippen molar-refractivity contribution in [2.45, 2.75) is 20.3 Å². The van der Waals surface area contributed by atoms with E-state index in [1.807, 2.05) is 23.7 Å². The number of ketones is 1. The Kier molecular flexibility index (Phi) is 1.92. The molecule has 0 aromatic carbocycles. The van der Waals surface area contributed by atoms with E-state index in [4.69, 9.17) is 0 Å². The maximum Gasteiger partial charge on any atom is 0.194 e. The molecule has 0 spiro atoms. The van der Waals surface area contributed by atoms with E-state index in [1.54, 1.807) is 18.3 Å². The van der Waals surface area contributed by atoms with Gasteiger partial charge >= 0.3 is 0 Å². The smallest absolute Gasteiger partial charge is 0.194 e. The monoisotopic (exact) mass is 194 g/mol. The fourth-order valence-electron chi connectivity index (χ4n) is 1.29. The standard InChI is InChI=1S/C9H10N2OS/c1-6-4-11-5-8(3-7(2)12)13-9(11)10-6/h4-5H,3H2,1-2H3. The fraction of sp³-hybridized carbons (Fsp3) is 0.333. The summed E-state index contributed by atoms with van der Waals surface area (Å²) in [6, 6.07) is 0. The van der Waals surface area contributed by atoms with Crippen LogP contribution in [-0.2, 0) is 11.2 Å². The van der Waals surface area contributed by atoms with Gasteiger partial charge in [0.25, 0.3) is 0 Å². The Labute approximate surface area is 80.0 Å². The highest BCUT2D eigenvalue weighted by Crippen LogP contribution is 2.18. The first-order valence-electron chi connectivity index (χ1n) is 4.08. The molecular formula is C9H10N2OS. The van der Waals surface area contributed by atoms with Crippen LogP contribution in [0.3, 0.4) is 0 Å². The van der Waals surface area contributed by atoms with Gasteiger partial charge < -0.3 is 0 Å². The number of fused-ring (bicyclic) bond motifs is 1. The Morgan fingerprint density at radius 3 is 3.00 bits per heavy atom. The second-order valence-electron chi connectivity index (χ2n) is 3.15. The zero-order valence-corrected chi connectivity index (χ0v) is 8.39. The second kappa shape index (κ2) is 2.96. The van der Waals surface area contributed by atoms with E-state index < -0.39 is 0 Å². The summed E-state index contributed by atoms with van der Waals surface area (Å²) in [5.74, 6) is 0.196. The maximum atomic E-state index is 10.9. The van der Waals surface area contributed by atoms with Crippen LogP contribution in [-0.4, -0.2) is 15.2 Å². The van der Waals surface area contributed by atoms with Gasteiger partial charge in [0.05, 0.1) is 5.69 Å². The molecule has 2 aromatic rings. The second-order valence-corrected chi connectivity index (χ2v) is 4.24. The Hall–Kier alpha value is -1.16. The summed E-state index contributed by atoms with van der Waals surface area (Å²) >= 11 is 1.58. The largest absolute Gasteiger partial charge is 0.300 e. The molecule has 0 saturated heterocycles. The number of hydrogen-bond donors (Lipinski definition) is 0. The lowest BCUT2D eigenvalue weighted by atomic mass is 10.3. The summed E-state index contributed by atoms with van der Waals surface area (Å²) in [6.45, 7) is 3.57. The van der Waals surface area contributed by atoms with Crippen LogP contribution in [0.15, 0.2) is 12.4 Å². The number of aromatic nitrogens is 2. The van der Waals surface area contributed by atoms with Crippen LogP contribution in [0.1, 0.15) is 17.5 Å². The SMILES string of the molecule is CC(=O)Cc1cn2cc(C)nc2s1. The lowest BCUT2D eigenvalue weighted by Gasteiger charge is -1.86. The average Bonchev–Trinajstić information content (AvgIpc) is 2.41. The van der Waals surface area contributed by atoms with E-state index in [0.717, 1.165) is 15.5 Å². The summed E-state index contributed by atoms with van der Waals surface area (Å²) in [6.07, 6.45) is 4.46. The molecule has 0 atom stereocenters. The third-order valence-corrected chi connectivity index (χ3v) is 2.74. The molecule has 13 heavy (non-hydrogen) atoms. The molecule has 0 N–H and O–H groups in total. The van der Waals surface area contributed by atoms with E-state index in [-0.39, 0.29) is 5.78 Å². The summed E-state index contributed by atoms with van der Waals surface area (Å²) in [5.41, 5.74) is 1.01. The molecule has 2 rings (SSSR count). The normalized spacial score (nSPS) is 10.9. The fourth-order valence-corrected chi connectivity index (χ4v) is 2.36. The van der Waals surface area contributed by atoms with E-state index >= 15 is 0 Å². The molecule has 0 unspecified atom stereocenters. The molecule has 0 saturated carbocycles. The molecule has 0 amide bonds. The van der Waals surface area contributed by atoms with Crippen LogP contribution in [0, 0.1) is 6.92 Å². The van der Waals surface area contributed by atoms with Crippen LogP contribution < -0.4 is 0 Å². The van der Waals surface area contributed by atoms with Crippen LogP contribution in [0.2, 0.25) is 0 Å². The number of rotatable bonds is 2. The summed E-state index contributed by atoms with van der Waals surface area (Å²) in [7, 11) is 0. The molecule has 0 fully saturated rings. The molecular weight excluding hydrogens is 184 g/mol. The van der Waals surface area contributed by atoms with Crippen LogP contribution in [0.25, 0.3) is 4.96 Å². The Bertz CT molecular complexity index is 424. The molecule has 0 aliphatic rings. The van der Waals surface area contributed by atoms with Gasteiger partial charge in [-0.1, -0.05) is 0 Å². The molecule has 68 valence electrons. The Morgan fingerprint density at radius 1 is 1.62 bits per heavy atom. The highest BCUT2D eigenvalue weighted by atomic mass is 32.1. The number of thiazole rings is 1. The molecule has 0 bridgehead atoms. The van der Waals surface area contributed by atoms with Crippen LogP contribution >= 0.6 is 11.3 Å². The number of nitrogens with zero attached hydrogens (tertiary/aromatic N) is 2. The van der Waals surface area contributed by atoms with E-state index in [0.29, 0.717) is 6.42 Å². The summed E-state index contributed by atoms with van der Waals surface area (Å²) < 4.78 is 1.97. The zero-order chi connectivity index (χ0) is 9.42. The Balaban J connectivity index is 2.39. The van der Waals surface area contributed by atoms with Gasteiger partial charge in [-0.2, -0.15) is 0 Å². The first-order chi connectivity index (χ1) is 6.15. The molecule has 4 heteroatoms. The van der Waals surface area contributed by atoms with Crippen molar-refractivity contribution in [3.8, 4) is 0 Å². The highest BCUT2D eigenvalue weighted by Gasteiger charge is 2.05. The lowest BCUT2D eigenvalue weighted by Crippen LogP contribution is -1.92. The lowest BCUT2D eigenvalue weighted by molar-refractivity contribution is -0.116. The van der Waals surface area contributed by atoms with Crippen molar-refractivity contribution in [2.75, 3.05) is 0 Å². The van der Waals surface area contributed by atoms with Crippen molar-refractivity contribution in [3.63, 3.8) is 0 Å². The number of Topliss-reactive ketones (excluding diaryl/α,β-unsaturated/α-hetero) is 1. The van der Waals surface area contributed by atoms with Crippen molar-refractivity contribution in [2.24, 2.45) is 0 Å². The Morgan fingerprint density at radius 2 is 2.38 bits per heavy atom. The van der Waals surface area contributed by atoms with Crippen molar-refractivity contribution in [3.05, 3.63) is 23.0 Å². The number of carbonyl (C=O) groups excluding carboxylic acids is 1. The first kappa shape index (κ1) is 8.44. The molecule has 0 aliphatic heterocycles. The number of imidazole rings is 1. The molecule has 2 heterocycles. The van der Waals surface area contributed by atoms with E-state index in [9.17, 15) is 4.79 Å². The minimum atomic E-state index is 0.196.